The molecule has 0 saturated heterocycles. The van der Waals surface area contributed by atoms with Gasteiger partial charge in [0, 0.05) is 15.6 Å². The van der Waals surface area contributed by atoms with Crippen molar-refractivity contribution in [3.63, 3.8) is 0 Å². The van der Waals surface area contributed by atoms with Gasteiger partial charge in [-0.05, 0) is 44.5 Å². The van der Waals surface area contributed by atoms with E-state index >= 15 is 0 Å². The largest absolute Gasteiger partial charge is 0.340 e. The predicted molar refractivity (Wildman–Crippen MR) is 106 cm³/mol. The van der Waals surface area contributed by atoms with Crippen LogP contribution in [0.5, 0.6) is 0 Å². The minimum absolute atomic E-state index is 0.0910. The van der Waals surface area contributed by atoms with E-state index in [-0.39, 0.29) is 18.2 Å². The number of oxime groups is 1. The fraction of sp³-hybridized carbons (Fsp3) is 0.250. The number of halogens is 2. The van der Waals surface area contributed by atoms with E-state index in [1.807, 2.05) is 12.1 Å². The Bertz CT molecular complexity index is 948. The van der Waals surface area contributed by atoms with Crippen molar-refractivity contribution in [2.75, 3.05) is 4.90 Å². The fourth-order valence-corrected chi connectivity index (χ4v) is 3.02. The summed E-state index contributed by atoms with van der Waals surface area (Å²) in [5, 5.41) is 4.85. The van der Waals surface area contributed by atoms with Crippen LogP contribution in [0, 0.1) is 5.41 Å². The normalized spacial score (nSPS) is 15.2. The summed E-state index contributed by atoms with van der Waals surface area (Å²) in [5.41, 5.74) is 1.40. The number of hydrogen-bond acceptors (Lipinski definition) is 4. The Hall–Kier alpha value is -2.37. The number of benzene rings is 2. The Kier molecular flexibility index (Phi) is 5.27. The number of anilines is 1. The number of carbonyl (C=O) groups is 2. The summed E-state index contributed by atoms with van der Waals surface area (Å²) in [5.74, 6) is -0.872. The van der Waals surface area contributed by atoms with Gasteiger partial charge in [0.2, 0.25) is 0 Å². The Morgan fingerprint density at radius 3 is 2.52 bits per heavy atom. The Morgan fingerprint density at radius 1 is 1.15 bits per heavy atom. The van der Waals surface area contributed by atoms with Gasteiger partial charge in [0.25, 0.3) is 5.91 Å². The van der Waals surface area contributed by atoms with Crippen LogP contribution in [-0.2, 0) is 21.0 Å². The predicted octanol–water partition coefficient (Wildman–Crippen LogP) is 4.83. The first kappa shape index (κ1) is 19.4. The van der Waals surface area contributed by atoms with Crippen LogP contribution in [0.15, 0.2) is 47.6 Å². The lowest BCUT2D eigenvalue weighted by Crippen LogP contribution is -2.30. The highest BCUT2D eigenvalue weighted by atomic mass is 35.5. The number of fused-ring (bicyclic) bond motifs is 1. The third kappa shape index (κ3) is 3.99. The molecule has 27 heavy (non-hydrogen) atoms. The second-order valence-corrected chi connectivity index (χ2v) is 8.06. The van der Waals surface area contributed by atoms with E-state index in [1.165, 1.54) is 0 Å². The molecule has 0 aromatic heterocycles. The van der Waals surface area contributed by atoms with E-state index in [0.29, 0.717) is 21.3 Å². The lowest BCUT2D eigenvalue weighted by Gasteiger charge is -2.17. The molecule has 0 atom stereocenters. The minimum atomic E-state index is -0.720. The van der Waals surface area contributed by atoms with Gasteiger partial charge < -0.3 is 9.74 Å². The molecule has 7 heteroatoms. The molecule has 1 aliphatic rings. The van der Waals surface area contributed by atoms with Crippen LogP contribution in [0.4, 0.5) is 5.69 Å². The molecule has 0 N–H and O–H groups in total. The topological polar surface area (TPSA) is 59.0 Å². The summed E-state index contributed by atoms with van der Waals surface area (Å²) in [6.07, 6.45) is 0. The van der Waals surface area contributed by atoms with Crippen LogP contribution in [0.1, 0.15) is 31.9 Å². The van der Waals surface area contributed by atoms with Gasteiger partial charge in [0.1, 0.15) is 0 Å². The van der Waals surface area contributed by atoms with Crippen molar-refractivity contribution in [1.82, 2.24) is 0 Å². The van der Waals surface area contributed by atoms with Crippen molar-refractivity contribution in [3.8, 4) is 0 Å². The first-order valence-corrected chi connectivity index (χ1v) is 9.08. The van der Waals surface area contributed by atoms with Crippen LogP contribution in [-0.4, -0.2) is 17.6 Å². The molecule has 0 fully saturated rings. The van der Waals surface area contributed by atoms with E-state index in [2.05, 4.69) is 5.16 Å². The number of nitrogens with zero attached hydrogens (tertiary/aromatic N) is 2. The molecule has 0 unspecified atom stereocenters. The van der Waals surface area contributed by atoms with Gasteiger partial charge in [-0.3, -0.25) is 4.79 Å². The van der Waals surface area contributed by atoms with E-state index in [9.17, 15) is 9.59 Å². The first-order chi connectivity index (χ1) is 12.7. The molecule has 5 nitrogen and oxygen atoms in total. The Balaban J connectivity index is 1.93. The molecule has 3 rings (SSSR count). The molecule has 1 heterocycles. The molecule has 0 saturated carbocycles. The molecule has 0 spiro atoms. The van der Waals surface area contributed by atoms with Crippen molar-refractivity contribution < 1.29 is 14.4 Å². The molecule has 1 aliphatic heterocycles. The maximum atomic E-state index is 12.9. The summed E-state index contributed by atoms with van der Waals surface area (Å²) in [7, 11) is 0. The van der Waals surface area contributed by atoms with Crippen molar-refractivity contribution in [3.05, 3.63) is 63.6 Å². The standard InChI is InChI=1S/C20H18Cl2N2O3/c1-20(2,3)19(26)27-23-17-14-6-4-5-7-16(14)24(18(17)25)11-12-8-9-13(21)10-15(12)22/h4-10H,11H2,1-3H3. The van der Waals surface area contributed by atoms with E-state index in [4.69, 9.17) is 28.0 Å². The average molecular weight is 405 g/mol. The highest BCUT2D eigenvalue weighted by molar-refractivity contribution is 6.54. The number of para-hydroxylation sites is 1. The highest BCUT2D eigenvalue weighted by Crippen LogP contribution is 2.32. The highest BCUT2D eigenvalue weighted by Gasteiger charge is 2.35. The van der Waals surface area contributed by atoms with Gasteiger partial charge in [0.05, 0.1) is 17.6 Å². The zero-order valence-corrected chi connectivity index (χ0v) is 16.6. The second kappa shape index (κ2) is 7.33. The van der Waals surface area contributed by atoms with E-state index in [1.54, 1.807) is 56.0 Å². The van der Waals surface area contributed by atoms with E-state index in [0.717, 1.165) is 5.56 Å². The molecule has 0 aliphatic carbocycles. The molecular weight excluding hydrogens is 387 g/mol. The fourth-order valence-electron chi connectivity index (χ4n) is 2.55. The van der Waals surface area contributed by atoms with Gasteiger partial charge in [0.15, 0.2) is 5.71 Å². The maximum absolute atomic E-state index is 12.9. The van der Waals surface area contributed by atoms with E-state index < -0.39 is 11.4 Å². The van der Waals surface area contributed by atoms with Crippen LogP contribution in [0.25, 0.3) is 0 Å². The summed E-state index contributed by atoms with van der Waals surface area (Å²) >= 11 is 12.2. The van der Waals surface area contributed by atoms with Gasteiger partial charge in [-0.15, -0.1) is 0 Å². The number of carbonyl (C=O) groups excluding carboxylic acids is 2. The third-order valence-corrected chi connectivity index (χ3v) is 4.66. The monoisotopic (exact) mass is 404 g/mol. The summed E-state index contributed by atoms with van der Waals surface area (Å²) < 4.78 is 0. The van der Waals surface area contributed by atoms with Gasteiger partial charge in [-0.2, -0.15) is 0 Å². The van der Waals surface area contributed by atoms with Crippen LogP contribution >= 0.6 is 23.2 Å². The summed E-state index contributed by atoms with van der Waals surface area (Å²) in [4.78, 5) is 31.5. The second-order valence-electron chi connectivity index (χ2n) is 7.21. The van der Waals surface area contributed by atoms with Crippen LogP contribution in [0.2, 0.25) is 10.0 Å². The quantitative estimate of drug-likeness (QED) is 0.543. The molecule has 1 amide bonds. The molecule has 2 aromatic rings. The molecule has 0 radical (unpaired) electrons. The number of hydrogen-bond donors (Lipinski definition) is 0. The maximum Gasteiger partial charge on any atom is 0.340 e. The van der Waals surface area contributed by atoms with Crippen molar-refractivity contribution in [1.29, 1.82) is 0 Å². The van der Waals surface area contributed by atoms with Crippen LogP contribution < -0.4 is 4.90 Å². The molecular formula is C20H18Cl2N2O3. The molecule has 2 aromatic carbocycles. The van der Waals surface area contributed by atoms with Crippen LogP contribution in [0.3, 0.4) is 0 Å². The minimum Gasteiger partial charge on any atom is -0.317 e. The SMILES string of the molecule is CC(C)(C)C(=O)ON=C1C(=O)N(Cc2ccc(Cl)cc2Cl)c2ccccc21. The Morgan fingerprint density at radius 2 is 1.85 bits per heavy atom. The number of amides is 1. The summed E-state index contributed by atoms with van der Waals surface area (Å²) in [6, 6.07) is 12.3. The third-order valence-electron chi connectivity index (χ3n) is 4.07. The van der Waals surface area contributed by atoms with Crippen molar-refractivity contribution in [2.24, 2.45) is 10.6 Å². The lowest BCUT2D eigenvalue weighted by atomic mass is 9.98. The zero-order chi connectivity index (χ0) is 19.8. The number of rotatable bonds is 3. The summed E-state index contributed by atoms with van der Waals surface area (Å²) in [6.45, 7) is 5.40. The zero-order valence-electron chi connectivity index (χ0n) is 15.1. The Labute approximate surface area is 167 Å². The molecule has 140 valence electrons. The smallest absolute Gasteiger partial charge is 0.317 e. The van der Waals surface area contributed by atoms with Gasteiger partial charge >= 0.3 is 5.97 Å². The lowest BCUT2D eigenvalue weighted by molar-refractivity contribution is -0.152. The van der Waals surface area contributed by atoms with Gasteiger partial charge in [-0.1, -0.05) is 52.6 Å². The van der Waals surface area contributed by atoms with Gasteiger partial charge in [-0.25, -0.2) is 4.79 Å². The first-order valence-electron chi connectivity index (χ1n) is 8.33. The van der Waals surface area contributed by atoms with Crippen molar-refractivity contribution >= 4 is 46.5 Å². The van der Waals surface area contributed by atoms with Crippen molar-refractivity contribution in [2.45, 2.75) is 27.3 Å². The molecule has 0 bridgehead atoms. The average Bonchev–Trinajstić information content (AvgIpc) is 2.86.